The molecule has 1 aromatic rings. The number of hydrogen-bond donors (Lipinski definition) is 0. The highest BCUT2D eigenvalue weighted by Crippen LogP contribution is 2.35. The molecule has 7 heteroatoms. The molecule has 1 aromatic carbocycles. The molecule has 0 saturated carbocycles. The SMILES string of the molecule is C[C@H](OC(=O)CCN1C(=O)[C@@H]2CC=CC[C@H]2C1=O)C(=O)N1c2ccccc2C[C@H]1C. The van der Waals surface area contributed by atoms with Gasteiger partial charge in [0.2, 0.25) is 11.8 Å². The van der Waals surface area contributed by atoms with Crippen LogP contribution in [0.25, 0.3) is 0 Å². The lowest BCUT2D eigenvalue weighted by Crippen LogP contribution is -2.43. The minimum Gasteiger partial charge on any atom is -0.452 e. The second-order valence-corrected chi connectivity index (χ2v) is 8.26. The molecule has 30 heavy (non-hydrogen) atoms. The van der Waals surface area contributed by atoms with E-state index in [1.165, 1.54) is 4.90 Å². The molecule has 1 aliphatic carbocycles. The first-order valence-electron chi connectivity index (χ1n) is 10.5. The van der Waals surface area contributed by atoms with Gasteiger partial charge < -0.3 is 9.64 Å². The van der Waals surface area contributed by atoms with Gasteiger partial charge in [-0.05, 0) is 44.7 Å². The molecule has 1 fully saturated rings. The molecular weight excluding hydrogens is 384 g/mol. The summed E-state index contributed by atoms with van der Waals surface area (Å²) in [7, 11) is 0. The van der Waals surface area contributed by atoms with Crippen molar-refractivity contribution in [2.45, 2.75) is 51.7 Å². The summed E-state index contributed by atoms with van der Waals surface area (Å²) in [5.74, 6) is -1.91. The van der Waals surface area contributed by atoms with Gasteiger partial charge in [0.25, 0.3) is 5.91 Å². The predicted molar refractivity (Wildman–Crippen MR) is 109 cm³/mol. The van der Waals surface area contributed by atoms with Gasteiger partial charge in [-0.1, -0.05) is 30.4 Å². The van der Waals surface area contributed by atoms with Gasteiger partial charge in [0.1, 0.15) is 0 Å². The Labute approximate surface area is 175 Å². The zero-order chi connectivity index (χ0) is 21.4. The second kappa shape index (κ2) is 8.05. The van der Waals surface area contributed by atoms with Gasteiger partial charge in [-0.3, -0.25) is 24.1 Å². The van der Waals surface area contributed by atoms with Crippen LogP contribution in [0.2, 0.25) is 0 Å². The summed E-state index contributed by atoms with van der Waals surface area (Å²) >= 11 is 0. The Morgan fingerprint density at radius 2 is 1.73 bits per heavy atom. The van der Waals surface area contributed by atoms with E-state index < -0.39 is 12.1 Å². The van der Waals surface area contributed by atoms with Crippen LogP contribution < -0.4 is 4.90 Å². The van der Waals surface area contributed by atoms with Crippen LogP contribution in [-0.2, 0) is 30.3 Å². The first-order chi connectivity index (χ1) is 14.4. The normalized spacial score (nSPS) is 25.9. The van der Waals surface area contributed by atoms with E-state index in [0.717, 1.165) is 17.7 Å². The largest absolute Gasteiger partial charge is 0.452 e. The van der Waals surface area contributed by atoms with Gasteiger partial charge in [-0.15, -0.1) is 0 Å². The highest BCUT2D eigenvalue weighted by molar-refractivity contribution is 6.05. The first kappa shape index (κ1) is 20.3. The molecule has 1 saturated heterocycles. The third-order valence-electron chi connectivity index (χ3n) is 6.24. The Bertz CT molecular complexity index is 898. The minimum atomic E-state index is -0.942. The molecule has 0 aromatic heterocycles. The Balaban J connectivity index is 1.33. The molecule has 0 bridgehead atoms. The van der Waals surface area contributed by atoms with Crippen molar-refractivity contribution < 1.29 is 23.9 Å². The van der Waals surface area contributed by atoms with E-state index in [4.69, 9.17) is 4.74 Å². The van der Waals surface area contributed by atoms with E-state index in [-0.39, 0.29) is 48.6 Å². The summed E-state index contributed by atoms with van der Waals surface area (Å²) < 4.78 is 5.35. The van der Waals surface area contributed by atoms with Crippen molar-refractivity contribution in [1.29, 1.82) is 0 Å². The molecular formula is C23H26N2O5. The average Bonchev–Trinajstić information content (AvgIpc) is 3.19. The van der Waals surface area contributed by atoms with E-state index in [1.54, 1.807) is 11.8 Å². The lowest BCUT2D eigenvalue weighted by molar-refractivity contribution is -0.154. The van der Waals surface area contributed by atoms with Crippen LogP contribution >= 0.6 is 0 Å². The van der Waals surface area contributed by atoms with Gasteiger partial charge in [-0.2, -0.15) is 0 Å². The van der Waals surface area contributed by atoms with Gasteiger partial charge in [0, 0.05) is 18.3 Å². The third-order valence-corrected chi connectivity index (χ3v) is 6.24. The molecule has 4 rings (SSSR count). The zero-order valence-corrected chi connectivity index (χ0v) is 17.2. The number of imide groups is 1. The van der Waals surface area contributed by atoms with Crippen molar-refractivity contribution in [3.8, 4) is 0 Å². The summed E-state index contributed by atoms with van der Waals surface area (Å²) in [5.41, 5.74) is 1.95. The Morgan fingerprint density at radius 3 is 2.40 bits per heavy atom. The van der Waals surface area contributed by atoms with Crippen molar-refractivity contribution >= 4 is 29.4 Å². The number of amides is 3. The second-order valence-electron chi connectivity index (χ2n) is 8.26. The molecule has 0 spiro atoms. The number of benzene rings is 1. The van der Waals surface area contributed by atoms with Crippen LogP contribution in [0.4, 0.5) is 5.69 Å². The molecule has 2 heterocycles. The number of hydrogen-bond acceptors (Lipinski definition) is 5. The highest BCUT2D eigenvalue weighted by Gasteiger charge is 2.47. The fraction of sp³-hybridized carbons (Fsp3) is 0.478. The smallest absolute Gasteiger partial charge is 0.308 e. The van der Waals surface area contributed by atoms with E-state index in [9.17, 15) is 19.2 Å². The van der Waals surface area contributed by atoms with Crippen LogP contribution in [-0.4, -0.2) is 47.3 Å². The van der Waals surface area contributed by atoms with Crippen molar-refractivity contribution in [1.82, 2.24) is 4.90 Å². The number of rotatable bonds is 5. The summed E-state index contributed by atoms with van der Waals surface area (Å²) in [4.78, 5) is 53.1. The zero-order valence-electron chi connectivity index (χ0n) is 17.2. The number of para-hydroxylation sites is 1. The maximum Gasteiger partial charge on any atom is 0.308 e. The van der Waals surface area contributed by atoms with Crippen molar-refractivity contribution in [2.75, 3.05) is 11.4 Å². The summed E-state index contributed by atoms with van der Waals surface area (Å²) in [6.45, 7) is 3.51. The van der Waals surface area contributed by atoms with E-state index >= 15 is 0 Å². The number of allylic oxidation sites excluding steroid dienone is 2. The van der Waals surface area contributed by atoms with Gasteiger partial charge in [0.15, 0.2) is 6.10 Å². The van der Waals surface area contributed by atoms with Crippen LogP contribution in [0.1, 0.15) is 38.7 Å². The summed E-state index contributed by atoms with van der Waals surface area (Å²) in [6, 6.07) is 7.70. The molecule has 0 radical (unpaired) electrons. The Kier molecular flexibility index (Phi) is 5.45. The van der Waals surface area contributed by atoms with Crippen molar-refractivity contribution in [3.05, 3.63) is 42.0 Å². The van der Waals surface area contributed by atoms with Crippen LogP contribution in [0, 0.1) is 11.8 Å². The standard InChI is InChI=1S/C23H26N2O5/c1-14-13-16-7-3-6-10-19(16)25(14)21(27)15(2)30-20(26)11-12-24-22(28)17-8-4-5-9-18(17)23(24)29/h3-7,10,14-15,17-18H,8-9,11-13H2,1-2H3/t14-,15+,17-,18-/m1/s1. The lowest BCUT2D eigenvalue weighted by Gasteiger charge is -2.26. The quantitative estimate of drug-likeness (QED) is 0.422. The van der Waals surface area contributed by atoms with E-state index in [1.807, 2.05) is 43.3 Å². The molecule has 158 valence electrons. The lowest BCUT2D eigenvalue weighted by atomic mass is 9.85. The Morgan fingerprint density at radius 1 is 1.10 bits per heavy atom. The van der Waals surface area contributed by atoms with E-state index in [0.29, 0.717) is 12.8 Å². The minimum absolute atomic E-state index is 0.00659. The topological polar surface area (TPSA) is 84.0 Å². The van der Waals surface area contributed by atoms with Crippen LogP contribution in [0.3, 0.4) is 0 Å². The number of esters is 1. The maximum atomic E-state index is 12.9. The molecule has 3 amide bonds. The average molecular weight is 410 g/mol. The number of likely N-dealkylation sites (tertiary alicyclic amines) is 1. The number of fused-ring (bicyclic) bond motifs is 2. The number of carbonyl (C=O) groups is 4. The summed E-state index contributed by atoms with van der Waals surface area (Å²) in [5, 5.41) is 0. The van der Waals surface area contributed by atoms with Crippen molar-refractivity contribution in [3.63, 3.8) is 0 Å². The van der Waals surface area contributed by atoms with Crippen LogP contribution in [0.5, 0.6) is 0 Å². The molecule has 4 atom stereocenters. The maximum absolute atomic E-state index is 12.9. The van der Waals surface area contributed by atoms with Crippen LogP contribution in [0.15, 0.2) is 36.4 Å². The molecule has 2 aliphatic heterocycles. The monoisotopic (exact) mass is 410 g/mol. The van der Waals surface area contributed by atoms with E-state index in [2.05, 4.69) is 0 Å². The number of ether oxygens (including phenoxy) is 1. The first-order valence-corrected chi connectivity index (χ1v) is 10.5. The number of carbonyl (C=O) groups excluding carboxylic acids is 4. The van der Waals surface area contributed by atoms with Crippen molar-refractivity contribution in [2.24, 2.45) is 11.8 Å². The molecule has 7 nitrogen and oxygen atoms in total. The number of anilines is 1. The Hall–Kier alpha value is -2.96. The fourth-order valence-electron chi connectivity index (χ4n) is 4.70. The molecule has 0 N–H and O–H groups in total. The van der Waals surface area contributed by atoms with Gasteiger partial charge in [0.05, 0.1) is 18.3 Å². The third kappa shape index (κ3) is 3.53. The molecule has 0 unspecified atom stereocenters. The van der Waals surface area contributed by atoms with Gasteiger partial charge >= 0.3 is 5.97 Å². The fourth-order valence-corrected chi connectivity index (χ4v) is 4.70. The highest BCUT2D eigenvalue weighted by atomic mass is 16.5. The molecule has 3 aliphatic rings. The van der Waals surface area contributed by atoms with Gasteiger partial charge in [-0.25, -0.2) is 0 Å². The predicted octanol–water partition coefficient (Wildman–Crippen LogP) is 2.24. The summed E-state index contributed by atoms with van der Waals surface area (Å²) in [6.07, 6.45) is 4.69. The number of nitrogens with zero attached hydrogens (tertiary/aromatic N) is 2.